The molecule has 7 heteroatoms. The van der Waals surface area contributed by atoms with Crippen molar-refractivity contribution in [2.75, 3.05) is 5.32 Å². The average Bonchev–Trinajstić information content (AvgIpc) is 2.62. The molecular formula is C19H19ClN2O4. The summed E-state index contributed by atoms with van der Waals surface area (Å²) < 4.78 is 5.12. The van der Waals surface area contributed by atoms with Crippen LogP contribution in [0.3, 0.4) is 0 Å². The van der Waals surface area contributed by atoms with Gasteiger partial charge in [0, 0.05) is 16.3 Å². The van der Waals surface area contributed by atoms with Gasteiger partial charge in [0.25, 0.3) is 11.8 Å². The zero-order chi connectivity index (χ0) is 19.1. The van der Waals surface area contributed by atoms with E-state index >= 15 is 0 Å². The predicted molar refractivity (Wildman–Crippen MR) is 99.0 cm³/mol. The molecule has 0 bridgehead atoms. The second-order valence-corrected chi connectivity index (χ2v) is 6.07. The molecule has 0 aliphatic carbocycles. The van der Waals surface area contributed by atoms with E-state index in [1.165, 1.54) is 13.8 Å². The van der Waals surface area contributed by atoms with E-state index in [-0.39, 0.29) is 0 Å². The summed E-state index contributed by atoms with van der Waals surface area (Å²) in [5.41, 5.74) is 0.966. The number of ether oxygens (including phenoxy) is 1. The molecule has 2 aromatic rings. The number of para-hydroxylation sites is 1. The highest BCUT2D eigenvalue weighted by Crippen LogP contribution is 2.10. The molecule has 0 aliphatic heterocycles. The maximum atomic E-state index is 12.1. The van der Waals surface area contributed by atoms with Gasteiger partial charge in [-0.25, -0.2) is 4.79 Å². The Morgan fingerprint density at radius 2 is 1.58 bits per heavy atom. The van der Waals surface area contributed by atoms with Crippen molar-refractivity contribution >= 4 is 35.1 Å². The van der Waals surface area contributed by atoms with Crippen molar-refractivity contribution in [3.05, 3.63) is 65.2 Å². The number of nitrogens with one attached hydrogen (secondary N) is 2. The number of anilines is 1. The molecule has 0 saturated heterocycles. The maximum absolute atomic E-state index is 12.1. The molecule has 2 N–H and O–H groups in total. The molecule has 2 atom stereocenters. The van der Waals surface area contributed by atoms with E-state index in [1.807, 2.05) is 6.07 Å². The first-order valence-electron chi connectivity index (χ1n) is 7.99. The lowest BCUT2D eigenvalue weighted by Crippen LogP contribution is -2.42. The summed E-state index contributed by atoms with van der Waals surface area (Å²) in [5.74, 6) is -1.60. The van der Waals surface area contributed by atoms with Crippen LogP contribution in [0.5, 0.6) is 0 Å². The van der Waals surface area contributed by atoms with Crippen LogP contribution in [0.2, 0.25) is 5.02 Å². The number of rotatable bonds is 6. The topological polar surface area (TPSA) is 84.5 Å². The van der Waals surface area contributed by atoms with Gasteiger partial charge in [0.2, 0.25) is 0 Å². The Morgan fingerprint density at radius 3 is 2.19 bits per heavy atom. The number of hydrogen-bond donors (Lipinski definition) is 2. The molecular weight excluding hydrogens is 356 g/mol. The summed E-state index contributed by atoms with van der Waals surface area (Å²) in [6.45, 7) is 2.95. The van der Waals surface area contributed by atoms with Crippen molar-refractivity contribution in [2.24, 2.45) is 0 Å². The number of esters is 1. The minimum atomic E-state index is -1.00. The fourth-order valence-electron chi connectivity index (χ4n) is 2.04. The number of amides is 2. The molecule has 0 heterocycles. The van der Waals surface area contributed by atoms with Crippen LogP contribution in [-0.2, 0) is 14.3 Å². The molecule has 2 amide bonds. The summed E-state index contributed by atoms with van der Waals surface area (Å²) in [7, 11) is 0. The van der Waals surface area contributed by atoms with Crippen LogP contribution < -0.4 is 10.6 Å². The van der Waals surface area contributed by atoms with Crippen LogP contribution in [0.4, 0.5) is 5.69 Å². The van der Waals surface area contributed by atoms with Gasteiger partial charge in [-0.2, -0.15) is 0 Å². The highest BCUT2D eigenvalue weighted by molar-refractivity contribution is 6.30. The Bertz CT molecular complexity index is 778. The van der Waals surface area contributed by atoms with Gasteiger partial charge in [-0.3, -0.25) is 9.59 Å². The molecule has 0 aliphatic rings. The van der Waals surface area contributed by atoms with Crippen molar-refractivity contribution in [1.82, 2.24) is 5.32 Å². The highest BCUT2D eigenvalue weighted by Gasteiger charge is 2.23. The minimum absolute atomic E-state index is 0.365. The van der Waals surface area contributed by atoms with E-state index in [0.29, 0.717) is 16.3 Å². The van der Waals surface area contributed by atoms with Crippen LogP contribution >= 0.6 is 11.6 Å². The van der Waals surface area contributed by atoms with Gasteiger partial charge in [-0.05, 0) is 50.2 Å². The Kier molecular flexibility index (Phi) is 6.74. The lowest BCUT2D eigenvalue weighted by Gasteiger charge is -2.17. The molecule has 2 rings (SSSR count). The standard InChI is InChI=1S/C19H19ClN2O4/c1-12(21-18(24)14-8-10-15(20)11-9-14)19(25)26-13(2)17(23)22-16-6-4-3-5-7-16/h3-13H,1-2H3,(H,21,24)(H,22,23)/t12-,13+/m0/s1. The van der Waals surface area contributed by atoms with E-state index < -0.39 is 29.9 Å². The average molecular weight is 375 g/mol. The number of carbonyl (C=O) groups is 3. The van der Waals surface area contributed by atoms with Crippen LogP contribution in [0, 0.1) is 0 Å². The Labute approximate surface area is 156 Å². The number of hydrogen-bond acceptors (Lipinski definition) is 4. The molecule has 6 nitrogen and oxygen atoms in total. The first-order valence-corrected chi connectivity index (χ1v) is 8.37. The summed E-state index contributed by atoms with van der Waals surface area (Å²) in [4.78, 5) is 36.2. The first-order chi connectivity index (χ1) is 12.4. The van der Waals surface area contributed by atoms with Gasteiger partial charge in [0.05, 0.1) is 0 Å². The SMILES string of the molecule is C[C@H](NC(=O)c1ccc(Cl)cc1)C(=O)O[C@H](C)C(=O)Nc1ccccc1. The molecule has 0 spiro atoms. The normalized spacial score (nSPS) is 12.6. The van der Waals surface area contributed by atoms with Gasteiger partial charge in [0.1, 0.15) is 6.04 Å². The second kappa shape index (κ2) is 9.01. The third kappa shape index (κ3) is 5.60. The number of halogens is 1. The minimum Gasteiger partial charge on any atom is -0.451 e. The van der Waals surface area contributed by atoms with Gasteiger partial charge >= 0.3 is 5.97 Å². The lowest BCUT2D eigenvalue weighted by atomic mass is 10.2. The molecule has 136 valence electrons. The van der Waals surface area contributed by atoms with Crippen molar-refractivity contribution in [1.29, 1.82) is 0 Å². The summed E-state index contributed by atoms with van der Waals surface area (Å²) >= 11 is 5.77. The summed E-state index contributed by atoms with van der Waals surface area (Å²) in [6, 6.07) is 14.2. The zero-order valence-electron chi connectivity index (χ0n) is 14.4. The van der Waals surface area contributed by atoms with Crippen molar-refractivity contribution in [3.8, 4) is 0 Å². The van der Waals surface area contributed by atoms with Crippen LogP contribution in [-0.4, -0.2) is 29.9 Å². The Balaban J connectivity index is 1.86. The number of benzene rings is 2. The fraction of sp³-hybridized carbons (Fsp3) is 0.211. The Morgan fingerprint density at radius 1 is 0.962 bits per heavy atom. The highest BCUT2D eigenvalue weighted by atomic mass is 35.5. The second-order valence-electron chi connectivity index (χ2n) is 5.64. The third-order valence-electron chi connectivity index (χ3n) is 3.51. The summed E-state index contributed by atoms with van der Waals surface area (Å²) in [6.07, 6.45) is -1.00. The van der Waals surface area contributed by atoms with Crippen molar-refractivity contribution < 1.29 is 19.1 Å². The molecule has 0 radical (unpaired) electrons. The molecule has 0 aromatic heterocycles. The smallest absolute Gasteiger partial charge is 0.329 e. The van der Waals surface area contributed by atoms with Crippen LogP contribution in [0.25, 0.3) is 0 Å². The molecule has 0 unspecified atom stereocenters. The quantitative estimate of drug-likeness (QED) is 0.761. The summed E-state index contributed by atoms with van der Waals surface area (Å²) in [5, 5.41) is 5.67. The fourth-order valence-corrected chi connectivity index (χ4v) is 2.16. The molecule has 2 aromatic carbocycles. The predicted octanol–water partition coefficient (Wildman–Crippen LogP) is 3.03. The molecule has 26 heavy (non-hydrogen) atoms. The first kappa shape index (κ1) is 19.5. The monoisotopic (exact) mass is 374 g/mol. The maximum Gasteiger partial charge on any atom is 0.329 e. The van der Waals surface area contributed by atoms with E-state index in [9.17, 15) is 14.4 Å². The Hall–Kier alpha value is -2.86. The van der Waals surface area contributed by atoms with Gasteiger partial charge in [-0.15, -0.1) is 0 Å². The largest absolute Gasteiger partial charge is 0.451 e. The third-order valence-corrected chi connectivity index (χ3v) is 3.76. The van der Waals surface area contributed by atoms with Gasteiger partial charge < -0.3 is 15.4 Å². The van der Waals surface area contributed by atoms with E-state index in [2.05, 4.69) is 10.6 Å². The van der Waals surface area contributed by atoms with E-state index in [0.717, 1.165) is 0 Å². The van der Waals surface area contributed by atoms with E-state index in [1.54, 1.807) is 48.5 Å². The molecule has 0 saturated carbocycles. The molecule has 0 fully saturated rings. The lowest BCUT2D eigenvalue weighted by molar-refractivity contribution is -0.154. The van der Waals surface area contributed by atoms with Gasteiger partial charge in [0.15, 0.2) is 6.10 Å². The zero-order valence-corrected chi connectivity index (χ0v) is 15.1. The van der Waals surface area contributed by atoms with Crippen molar-refractivity contribution in [3.63, 3.8) is 0 Å². The van der Waals surface area contributed by atoms with Gasteiger partial charge in [-0.1, -0.05) is 29.8 Å². The van der Waals surface area contributed by atoms with Crippen LogP contribution in [0.15, 0.2) is 54.6 Å². The van der Waals surface area contributed by atoms with E-state index in [4.69, 9.17) is 16.3 Å². The number of carbonyl (C=O) groups excluding carboxylic acids is 3. The van der Waals surface area contributed by atoms with Crippen LogP contribution in [0.1, 0.15) is 24.2 Å². The van der Waals surface area contributed by atoms with Crippen molar-refractivity contribution in [2.45, 2.75) is 26.0 Å².